The molecular formula is C14H14N2O. The van der Waals surface area contributed by atoms with Crippen LogP contribution < -0.4 is 4.74 Å². The van der Waals surface area contributed by atoms with Crippen molar-refractivity contribution in [3.8, 4) is 5.88 Å². The lowest BCUT2D eigenvalue weighted by atomic mass is 10.2. The molecule has 0 aliphatic rings. The monoisotopic (exact) mass is 226 g/mol. The average molecular weight is 226 g/mol. The SMILES string of the molecule is COc1cccc(C=Nc2ccccc2C)n1. The maximum Gasteiger partial charge on any atom is 0.213 e. The Kier molecular flexibility index (Phi) is 3.50. The molecule has 1 aromatic heterocycles. The van der Waals surface area contributed by atoms with Crippen molar-refractivity contribution in [3.05, 3.63) is 53.7 Å². The van der Waals surface area contributed by atoms with Gasteiger partial charge in [0.1, 0.15) is 0 Å². The van der Waals surface area contributed by atoms with Gasteiger partial charge >= 0.3 is 0 Å². The summed E-state index contributed by atoms with van der Waals surface area (Å²) in [5.41, 5.74) is 2.89. The summed E-state index contributed by atoms with van der Waals surface area (Å²) in [6, 6.07) is 13.6. The Balaban J connectivity index is 2.23. The van der Waals surface area contributed by atoms with Crippen LogP contribution in [0.15, 0.2) is 47.5 Å². The molecule has 0 amide bonds. The molecular weight excluding hydrogens is 212 g/mol. The van der Waals surface area contributed by atoms with E-state index in [1.807, 2.05) is 49.4 Å². The third-order valence-electron chi connectivity index (χ3n) is 2.41. The van der Waals surface area contributed by atoms with Crippen LogP contribution >= 0.6 is 0 Å². The maximum absolute atomic E-state index is 5.06. The van der Waals surface area contributed by atoms with Gasteiger partial charge in [0.2, 0.25) is 5.88 Å². The molecule has 0 N–H and O–H groups in total. The van der Waals surface area contributed by atoms with Crippen molar-refractivity contribution in [1.29, 1.82) is 0 Å². The number of hydrogen-bond donors (Lipinski definition) is 0. The zero-order chi connectivity index (χ0) is 12.1. The number of pyridine rings is 1. The van der Waals surface area contributed by atoms with E-state index in [4.69, 9.17) is 4.74 Å². The van der Waals surface area contributed by atoms with Crippen LogP contribution in [0.1, 0.15) is 11.3 Å². The first-order valence-corrected chi connectivity index (χ1v) is 5.40. The molecule has 0 aliphatic carbocycles. The third-order valence-corrected chi connectivity index (χ3v) is 2.41. The molecule has 0 fully saturated rings. The van der Waals surface area contributed by atoms with Gasteiger partial charge in [0.15, 0.2) is 0 Å². The van der Waals surface area contributed by atoms with Crippen molar-refractivity contribution >= 4 is 11.9 Å². The molecule has 3 nitrogen and oxygen atoms in total. The van der Waals surface area contributed by atoms with Gasteiger partial charge in [-0.05, 0) is 24.6 Å². The third kappa shape index (κ3) is 2.91. The van der Waals surface area contributed by atoms with Crippen molar-refractivity contribution in [1.82, 2.24) is 4.98 Å². The number of hydrogen-bond acceptors (Lipinski definition) is 3. The molecule has 86 valence electrons. The summed E-state index contributed by atoms with van der Waals surface area (Å²) >= 11 is 0. The van der Waals surface area contributed by atoms with Gasteiger partial charge in [-0.3, -0.25) is 4.99 Å². The van der Waals surface area contributed by atoms with Crippen molar-refractivity contribution in [3.63, 3.8) is 0 Å². The van der Waals surface area contributed by atoms with Crippen molar-refractivity contribution in [2.45, 2.75) is 6.92 Å². The molecule has 0 radical (unpaired) electrons. The van der Waals surface area contributed by atoms with Gasteiger partial charge in [0.25, 0.3) is 0 Å². The van der Waals surface area contributed by atoms with Crippen molar-refractivity contribution in [2.24, 2.45) is 4.99 Å². The van der Waals surface area contributed by atoms with Crippen LogP contribution in [0.25, 0.3) is 0 Å². The largest absolute Gasteiger partial charge is 0.481 e. The first-order valence-electron chi connectivity index (χ1n) is 5.40. The number of rotatable bonds is 3. The minimum Gasteiger partial charge on any atom is -0.481 e. The van der Waals surface area contributed by atoms with Gasteiger partial charge in [0, 0.05) is 6.07 Å². The van der Waals surface area contributed by atoms with Gasteiger partial charge in [-0.25, -0.2) is 4.98 Å². The van der Waals surface area contributed by atoms with Crippen LogP contribution in [0.3, 0.4) is 0 Å². The molecule has 0 saturated heterocycles. The molecule has 17 heavy (non-hydrogen) atoms. The Morgan fingerprint density at radius 1 is 1.12 bits per heavy atom. The van der Waals surface area contributed by atoms with E-state index in [-0.39, 0.29) is 0 Å². The fraction of sp³-hybridized carbons (Fsp3) is 0.143. The van der Waals surface area contributed by atoms with Gasteiger partial charge in [0.05, 0.1) is 24.7 Å². The molecule has 0 saturated carbocycles. The number of benzene rings is 1. The van der Waals surface area contributed by atoms with Crippen molar-refractivity contribution in [2.75, 3.05) is 7.11 Å². The second kappa shape index (κ2) is 5.25. The fourth-order valence-electron chi connectivity index (χ4n) is 1.46. The van der Waals surface area contributed by atoms with Crippen LogP contribution in [0.4, 0.5) is 5.69 Å². The Labute approximate surface area is 101 Å². The molecule has 0 unspecified atom stereocenters. The molecule has 0 aliphatic heterocycles. The molecule has 3 heteroatoms. The molecule has 0 atom stereocenters. The predicted molar refractivity (Wildman–Crippen MR) is 69.2 cm³/mol. The quantitative estimate of drug-likeness (QED) is 0.753. The highest BCUT2D eigenvalue weighted by atomic mass is 16.5. The van der Waals surface area contributed by atoms with Crippen LogP contribution in [0.5, 0.6) is 5.88 Å². The number of methoxy groups -OCH3 is 1. The molecule has 1 heterocycles. The summed E-state index contributed by atoms with van der Waals surface area (Å²) in [5.74, 6) is 0.596. The minimum absolute atomic E-state index is 0.596. The number of nitrogens with zero attached hydrogens (tertiary/aromatic N) is 2. The minimum atomic E-state index is 0.596. The van der Waals surface area contributed by atoms with E-state index in [9.17, 15) is 0 Å². The first kappa shape index (κ1) is 11.3. The summed E-state index contributed by atoms with van der Waals surface area (Å²) in [7, 11) is 1.60. The zero-order valence-corrected chi connectivity index (χ0v) is 9.92. The summed E-state index contributed by atoms with van der Waals surface area (Å²) in [6.45, 7) is 2.03. The lowest BCUT2D eigenvalue weighted by Gasteiger charge is -2.00. The van der Waals surface area contributed by atoms with Gasteiger partial charge in [-0.15, -0.1) is 0 Å². The van der Waals surface area contributed by atoms with Gasteiger partial charge in [-0.2, -0.15) is 0 Å². The number of aryl methyl sites for hydroxylation is 1. The van der Waals surface area contributed by atoms with E-state index in [1.54, 1.807) is 13.3 Å². The second-order valence-electron chi connectivity index (χ2n) is 3.65. The van der Waals surface area contributed by atoms with E-state index in [2.05, 4.69) is 9.98 Å². The summed E-state index contributed by atoms with van der Waals surface area (Å²) in [4.78, 5) is 8.67. The molecule has 0 spiro atoms. The summed E-state index contributed by atoms with van der Waals surface area (Å²) in [6.07, 6.45) is 1.74. The fourth-order valence-corrected chi connectivity index (χ4v) is 1.46. The number of ether oxygens (including phenoxy) is 1. The van der Waals surface area contributed by atoms with E-state index in [0.717, 1.165) is 16.9 Å². The van der Waals surface area contributed by atoms with E-state index < -0.39 is 0 Å². The molecule has 1 aromatic carbocycles. The van der Waals surface area contributed by atoms with E-state index in [0.29, 0.717) is 5.88 Å². The maximum atomic E-state index is 5.06. The van der Waals surface area contributed by atoms with E-state index >= 15 is 0 Å². The lowest BCUT2D eigenvalue weighted by Crippen LogP contribution is -1.91. The number of para-hydroxylation sites is 1. The molecule has 2 aromatic rings. The standard InChI is InChI=1S/C14H14N2O/c1-11-6-3-4-8-13(11)15-10-12-7-5-9-14(16-12)17-2/h3-10H,1-2H3. The smallest absolute Gasteiger partial charge is 0.213 e. The highest BCUT2D eigenvalue weighted by Crippen LogP contribution is 2.16. The average Bonchev–Trinajstić information content (AvgIpc) is 2.38. The normalized spacial score (nSPS) is 10.7. The first-order chi connectivity index (χ1) is 8.29. The lowest BCUT2D eigenvalue weighted by molar-refractivity contribution is 0.397. The van der Waals surface area contributed by atoms with Crippen LogP contribution in [0, 0.1) is 6.92 Å². The topological polar surface area (TPSA) is 34.5 Å². The Hall–Kier alpha value is -2.16. The number of aromatic nitrogens is 1. The Bertz CT molecular complexity index is 535. The second-order valence-corrected chi connectivity index (χ2v) is 3.65. The van der Waals surface area contributed by atoms with Crippen LogP contribution in [-0.4, -0.2) is 18.3 Å². The summed E-state index contributed by atoms with van der Waals surface area (Å²) < 4.78 is 5.06. The highest BCUT2D eigenvalue weighted by molar-refractivity contribution is 5.80. The summed E-state index contributed by atoms with van der Waals surface area (Å²) in [5, 5.41) is 0. The Morgan fingerprint density at radius 3 is 2.71 bits per heavy atom. The Morgan fingerprint density at radius 2 is 1.94 bits per heavy atom. The molecule has 0 bridgehead atoms. The van der Waals surface area contributed by atoms with Crippen LogP contribution in [-0.2, 0) is 0 Å². The van der Waals surface area contributed by atoms with Gasteiger partial charge < -0.3 is 4.74 Å². The highest BCUT2D eigenvalue weighted by Gasteiger charge is 1.95. The van der Waals surface area contributed by atoms with Gasteiger partial charge in [-0.1, -0.05) is 24.3 Å². The zero-order valence-electron chi connectivity index (χ0n) is 9.92. The van der Waals surface area contributed by atoms with E-state index in [1.165, 1.54) is 0 Å². The van der Waals surface area contributed by atoms with Crippen molar-refractivity contribution < 1.29 is 4.74 Å². The number of aliphatic imine (C=N–C) groups is 1. The van der Waals surface area contributed by atoms with Crippen LogP contribution in [0.2, 0.25) is 0 Å². The predicted octanol–water partition coefficient (Wildman–Crippen LogP) is 3.15. The molecule has 2 rings (SSSR count).